The van der Waals surface area contributed by atoms with E-state index in [-0.39, 0.29) is 0 Å². The number of ether oxygens (including phenoxy) is 1. The molecule has 0 bridgehead atoms. The Balaban J connectivity index is 1.12. The molecule has 0 aliphatic carbocycles. The average molecular weight is 468 g/mol. The minimum Gasteiger partial charge on any atom is -0.492 e. The average Bonchev–Trinajstić information content (AvgIpc) is 2.90. The fourth-order valence-corrected chi connectivity index (χ4v) is 4.92. The minimum atomic E-state index is 0.429. The molecular weight excluding hydrogens is 434 g/mol. The standard InChI is InChI=1S/C29H33N5O/c1-32-14-16-34(17-15-32)26-5-2-4-24(21-26)20-23-10-12-33(13-11-23)18-19-35-29-7-3-6-28-27(29)9-8-25(22-30)31-28/h2-9,20-21H,10-19H2,1H3. The third-order valence-electron chi connectivity index (χ3n) is 7.08. The number of piperidine rings is 1. The highest BCUT2D eigenvalue weighted by atomic mass is 16.5. The second kappa shape index (κ2) is 10.9. The highest BCUT2D eigenvalue weighted by Gasteiger charge is 2.16. The second-order valence-electron chi connectivity index (χ2n) is 9.51. The molecule has 3 aromatic rings. The van der Waals surface area contributed by atoms with Gasteiger partial charge in [-0.05, 0) is 61.9 Å². The summed E-state index contributed by atoms with van der Waals surface area (Å²) < 4.78 is 6.11. The first kappa shape index (κ1) is 23.3. The first-order valence-electron chi connectivity index (χ1n) is 12.6. The quantitative estimate of drug-likeness (QED) is 0.535. The smallest absolute Gasteiger partial charge is 0.141 e. The number of piperazine rings is 1. The van der Waals surface area contributed by atoms with Crippen LogP contribution in [0.3, 0.4) is 0 Å². The van der Waals surface area contributed by atoms with E-state index in [1.807, 2.05) is 24.3 Å². The number of rotatable bonds is 6. The van der Waals surface area contributed by atoms with Crippen molar-refractivity contribution in [1.82, 2.24) is 14.8 Å². The van der Waals surface area contributed by atoms with Crippen molar-refractivity contribution in [1.29, 1.82) is 5.26 Å². The summed E-state index contributed by atoms with van der Waals surface area (Å²) >= 11 is 0. The van der Waals surface area contributed by atoms with Gasteiger partial charge in [0.2, 0.25) is 0 Å². The molecule has 2 aliphatic rings. The molecule has 6 heteroatoms. The van der Waals surface area contributed by atoms with Gasteiger partial charge in [0.05, 0.1) is 5.52 Å². The highest BCUT2D eigenvalue weighted by Crippen LogP contribution is 2.26. The molecular formula is C29H33N5O. The van der Waals surface area contributed by atoms with E-state index >= 15 is 0 Å². The van der Waals surface area contributed by atoms with E-state index in [9.17, 15) is 0 Å². The predicted molar refractivity (Wildman–Crippen MR) is 142 cm³/mol. The number of aromatic nitrogens is 1. The molecule has 0 saturated carbocycles. The minimum absolute atomic E-state index is 0.429. The number of hydrogen-bond acceptors (Lipinski definition) is 6. The van der Waals surface area contributed by atoms with Crippen molar-refractivity contribution in [2.45, 2.75) is 12.8 Å². The Hall–Kier alpha value is -3.40. The summed E-state index contributed by atoms with van der Waals surface area (Å²) in [5.41, 5.74) is 5.42. The van der Waals surface area contributed by atoms with Crippen molar-refractivity contribution in [2.75, 3.05) is 64.4 Å². The Morgan fingerprint density at radius 2 is 1.77 bits per heavy atom. The number of nitriles is 1. The number of benzene rings is 2. The van der Waals surface area contributed by atoms with Gasteiger partial charge in [-0.3, -0.25) is 4.90 Å². The van der Waals surface area contributed by atoms with Crippen LogP contribution in [0.25, 0.3) is 17.0 Å². The van der Waals surface area contributed by atoms with Crippen LogP contribution in [0.2, 0.25) is 0 Å². The number of anilines is 1. The van der Waals surface area contributed by atoms with Crippen LogP contribution in [0.4, 0.5) is 5.69 Å². The molecule has 0 atom stereocenters. The summed E-state index contributed by atoms with van der Waals surface area (Å²) in [6, 6.07) is 20.6. The van der Waals surface area contributed by atoms with E-state index in [0.29, 0.717) is 12.3 Å². The van der Waals surface area contributed by atoms with Gasteiger partial charge in [-0.1, -0.05) is 29.8 Å². The van der Waals surface area contributed by atoms with Gasteiger partial charge in [-0.15, -0.1) is 0 Å². The molecule has 3 heterocycles. The summed E-state index contributed by atoms with van der Waals surface area (Å²) in [6.45, 7) is 8.14. The lowest BCUT2D eigenvalue weighted by atomic mass is 10.0. The molecule has 2 fully saturated rings. The third-order valence-corrected chi connectivity index (χ3v) is 7.08. The third kappa shape index (κ3) is 5.82. The monoisotopic (exact) mass is 467 g/mol. The SMILES string of the molecule is CN1CCN(c2cccc(C=C3CCN(CCOc4cccc5nc(C#N)ccc45)CC3)c2)CC1. The van der Waals surface area contributed by atoms with Gasteiger partial charge in [0.15, 0.2) is 0 Å². The van der Waals surface area contributed by atoms with Crippen LogP contribution in [0, 0.1) is 11.3 Å². The topological polar surface area (TPSA) is 55.6 Å². The van der Waals surface area contributed by atoms with Crippen LogP contribution >= 0.6 is 0 Å². The highest BCUT2D eigenvalue weighted by molar-refractivity contribution is 5.85. The summed E-state index contributed by atoms with van der Waals surface area (Å²) in [6.07, 6.45) is 4.60. The van der Waals surface area contributed by atoms with Crippen LogP contribution < -0.4 is 9.64 Å². The fraction of sp³-hybridized carbons (Fsp3) is 0.379. The van der Waals surface area contributed by atoms with Crippen LogP contribution in [0.5, 0.6) is 5.75 Å². The van der Waals surface area contributed by atoms with Gasteiger partial charge in [0.1, 0.15) is 24.1 Å². The Bertz CT molecular complexity index is 1230. The van der Waals surface area contributed by atoms with Gasteiger partial charge in [-0.2, -0.15) is 5.26 Å². The maximum absolute atomic E-state index is 9.07. The maximum atomic E-state index is 9.07. The van der Waals surface area contributed by atoms with E-state index in [0.717, 1.165) is 75.3 Å². The Morgan fingerprint density at radius 3 is 2.57 bits per heavy atom. The molecule has 6 nitrogen and oxygen atoms in total. The van der Waals surface area contributed by atoms with Crippen molar-refractivity contribution in [3.63, 3.8) is 0 Å². The molecule has 0 N–H and O–H groups in total. The number of fused-ring (bicyclic) bond motifs is 1. The molecule has 0 amide bonds. The largest absolute Gasteiger partial charge is 0.492 e. The normalized spacial score (nSPS) is 17.4. The summed E-state index contributed by atoms with van der Waals surface area (Å²) in [4.78, 5) is 11.7. The van der Waals surface area contributed by atoms with Gasteiger partial charge in [-0.25, -0.2) is 4.98 Å². The van der Waals surface area contributed by atoms with Crippen molar-refractivity contribution >= 4 is 22.7 Å². The molecule has 0 radical (unpaired) electrons. The fourth-order valence-electron chi connectivity index (χ4n) is 4.92. The van der Waals surface area contributed by atoms with Crippen LogP contribution in [-0.4, -0.2) is 74.3 Å². The molecule has 0 spiro atoms. The van der Waals surface area contributed by atoms with Crippen molar-refractivity contribution in [3.05, 3.63) is 71.4 Å². The Kier molecular flexibility index (Phi) is 7.27. The van der Waals surface area contributed by atoms with E-state index in [2.05, 4.69) is 63.1 Å². The summed E-state index contributed by atoms with van der Waals surface area (Å²) in [7, 11) is 2.20. The molecule has 1 aromatic heterocycles. The van der Waals surface area contributed by atoms with E-state index < -0.39 is 0 Å². The van der Waals surface area contributed by atoms with Gasteiger partial charge in [0.25, 0.3) is 0 Å². The maximum Gasteiger partial charge on any atom is 0.141 e. The van der Waals surface area contributed by atoms with E-state index in [1.54, 1.807) is 6.07 Å². The lowest BCUT2D eigenvalue weighted by Crippen LogP contribution is -2.44. The number of nitrogens with zero attached hydrogens (tertiary/aromatic N) is 5. The Labute approximate surface area is 208 Å². The Morgan fingerprint density at radius 1 is 0.971 bits per heavy atom. The number of pyridine rings is 1. The molecule has 180 valence electrons. The lowest BCUT2D eigenvalue weighted by Gasteiger charge is -2.34. The van der Waals surface area contributed by atoms with Crippen LogP contribution in [0.1, 0.15) is 24.1 Å². The van der Waals surface area contributed by atoms with Gasteiger partial charge < -0.3 is 14.5 Å². The van der Waals surface area contributed by atoms with Crippen molar-refractivity contribution in [3.8, 4) is 11.8 Å². The zero-order valence-electron chi connectivity index (χ0n) is 20.5. The molecule has 2 saturated heterocycles. The van der Waals surface area contributed by atoms with Crippen molar-refractivity contribution < 1.29 is 4.74 Å². The molecule has 0 unspecified atom stereocenters. The number of likely N-dealkylation sites (tertiary alicyclic amines) is 1. The summed E-state index contributed by atoms with van der Waals surface area (Å²) in [5, 5.41) is 10.0. The lowest BCUT2D eigenvalue weighted by molar-refractivity contribution is 0.200. The predicted octanol–water partition coefficient (Wildman–Crippen LogP) is 4.42. The number of likely N-dealkylation sites (N-methyl/N-ethyl adjacent to an activating group) is 1. The first-order chi connectivity index (χ1) is 17.2. The van der Waals surface area contributed by atoms with Gasteiger partial charge in [0, 0.05) is 56.9 Å². The molecule has 5 rings (SSSR count). The van der Waals surface area contributed by atoms with Crippen molar-refractivity contribution in [2.24, 2.45) is 0 Å². The molecule has 2 aliphatic heterocycles. The first-order valence-corrected chi connectivity index (χ1v) is 12.6. The van der Waals surface area contributed by atoms with Crippen LogP contribution in [0.15, 0.2) is 60.2 Å². The zero-order chi connectivity index (χ0) is 24.0. The molecule has 2 aromatic carbocycles. The van der Waals surface area contributed by atoms with Gasteiger partial charge >= 0.3 is 0 Å². The summed E-state index contributed by atoms with van der Waals surface area (Å²) in [5.74, 6) is 0.831. The number of hydrogen-bond donors (Lipinski definition) is 0. The van der Waals surface area contributed by atoms with Crippen LogP contribution in [-0.2, 0) is 0 Å². The zero-order valence-corrected chi connectivity index (χ0v) is 20.5. The molecule has 35 heavy (non-hydrogen) atoms. The van der Waals surface area contributed by atoms with E-state index in [4.69, 9.17) is 10.00 Å². The van der Waals surface area contributed by atoms with E-state index in [1.165, 1.54) is 16.8 Å². The second-order valence-corrected chi connectivity index (χ2v) is 9.51.